The molecule has 1 aromatic carbocycles. The molecular weight excluding hydrogens is 546 g/mol. The van der Waals surface area contributed by atoms with Crippen molar-refractivity contribution in [3.63, 3.8) is 0 Å². The molecular formula is C28H25N7O3S2. The second-order valence-corrected chi connectivity index (χ2v) is 12.5. The molecule has 202 valence electrons. The van der Waals surface area contributed by atoms with Crippen LogP contribution in [0.25, 0.3) is 0 Å². The lowest BCUT2D eigenvalue weighted by atomic mass is 9.69. The Morgan fingerprint density at radius 3 is 2.70 bits per heavy atom. The van der Waals surface area contributed by atoms with E-state index in [4.69, 9.17) is 10.2 Å². The molecule has 3 N–H and O–H groups in total. The predicted octanol–water partition coefficient (Wildman–Crippen LogP) is 4.98. The number of rotatable bonds is 6. The van der Waals surface area contributed by atoms with E-state index in [1.807, 2.05) is 20.8 Å². The third kappa shape index (κ3) is 5.11. The predicted molar refractivity (Wildman–Crippen MR) is 151 cm³/mol. The zero-order valence-corrected chi connectivity index (χ0v) is 23.7. The van der Waals surface area contributed by atoms with E-state index in [0.717, 1.165) is 0 Å². The zero-order valence-electron chi connectivity index (χ0n) is 22.0. The van der Waals surface area contributed by atoms with E-state index in [2.05, 4.69) is 27.7 Å². The van der Waals surface area contributed by atoms with Crippen LogP contribution in [0, 0.1) is 35.0 Å². The minimum atomic E-state index is -0.699. The first-order valence-corrected chi connectivity index (χ1v) is 14.2. The van der Waals surface area contributed by atoms with Gasteiger partial charge < -0.3 is 15.5 Å². The summed E-state index contributed by atoms with van der Waals surface area (Å²) in [6, 6.07) is 14.6. The molecule has 12 heteroatoms. The number of Topliss-reactive ketones (excluding diaryl/α,β-unsaturated/α-hetero) is 1. The normalized spacial score (nSPS) is 18.3. The van der Waals surface area contributed by atoms with E-state index in [0.29, 0.717) is 56.4 Å². The molecule has 1 aliphatic carbocycles. The van der Waals surface area contributed by atoms with Gasteiger partial charge in [0.25, 0.3) is 0 Å². The molecule has 0 spiro atoms. The summed E-state index contributed by atoms with van der Waals surface area (Å²) in [5.74, 6) is 0.320. The minimum Gasteiger partial charge on any atom is -0.465 e. The molecule has 1 unspecified atom stereocenters. The van der Waals surface area contributed by atoms with Gasteiger partial charge in [0, 0.05) is 17.7 Å². The van der Waals surface area contributed by atoms with E-state index in [9.17, 15) is 20.1 Å². The van der Waals surface area contributed by atoms with E-state index < -0.39 is 5.92 Å². The number of ketones is 1. The van der Waals surface area contributed by atoms with Crippen LogP contribution in [0.15, 0.2) is 67.8 Å². The van der Waals surface area contributed by atoms with Crippen molar-refractivity contribution in [2.24, 2.45) is 11.1 Å². The smallest absolute Gasteiger partial charge is 0.234 e. The van der Waals surface area contributed by atoms with Crippen molar-refractivity contribution in [3.8, 4) is 12.1 Å². The fourth-order valence-electron chi connectivity index (χ4n) is 4.97. The van der Waals surface area contributed by atoms with Gasteiger partial charge in [0.1, 0.15) is 23.4 Å². The van der Waals surface area contributed by atoms with Crippen molar-refractivity contribution in [1.82, 2.24) is 10.2 Å². The van der Waals surface area contributed by atoms with Gasteiger partial charge in [-0.2, -0.15) is 10.5 Å². The van der Waals surface area contributed by atoms with Crippen LogP contribution in [0.5, 0.6) is 0 Å². The molecule has 2 aliphatic rings. The quantitative estimate of drug-likeness (QED) is 0.386. The molecule has 0 bridgehead atoms. The van der Waals surface area contributed by atoms with E-state index in [1.165, 1.54) is 23.1 Å². The van der Waals surface area contributed by atoms with Gasteiger partial charge in [-0.25, -0.2) is 0 Å². The number of nitrogens with one attached hydrogen (secondary N) is 1. The topological polar surface area (TPSA) is 162 Å². The van der Waals surface area contributed by atoms with E-state index in [-0.39, 0.29) is 34.3 Å². The largest absolute Gasteiger partial charge is 0.465 e. The van der Waals surface area contributed by atoms with Crippen molar-refractivity contribution < 1.29 is 14.0 Å². The maximum atomic E-state index is 13.6. The maximum Gasteiger partial charge on any atom is 0.234 e. The number of amides is 1. The molecule has 1 atom stereocenters. The summed E-state index contributed by atoms with van der Waals surface area (Å²) < 4.78 is 6.39. The van der Waals surface area contributed by atoms with Crippen LogP contribution in [0.3, 0.4) is 0 Å². The fourth-order valence-corrected chi connectivity index (χ4v) is 6.66. The first-order valence-electron chi connectivity index (χ1n) is 12.4. The highest BCUT2D eigenvalue weighted by Gasteiger charge is 2.46. The number of allylic oxidation sites excluding steroid dienone is 3. The Balaban J connectivity index is 1.45. The van der Waals surface area contributed by atoms with Gasteiger partial charge in [0.2, 0.25) is 11.0 Å². The number of anilines is 2. The minimum absolute atomic E-state index is 0.0442. The van der Waals surface area contributed by atoms with Crippen molar-refractivity contribution in [2.75, 3.05) is 16.0 Å². The number of hydrogen-bond donors (Lipinski definition) is 2. The monoisotopic (exact) mass is 571 g/mol. The number of carbonyl (C=O) groups excluding carboxylic acids is 2. The number of carbonyl (C=O) groups is 2. The third-order valence-corrected chi connectivity index (χ3v) is 8.70. The summed E-state index contributed by atoms with van der Waals surface area (Å²) in [7, 11) is 0. The van der Waals surface area contributed by atoms with Gasteiger partial charge in [0.15, 0.2) is 10.1 Å². The number of para-hydroxylation sites is 1. The fraction of sp³-hybridized carbons (Fsp3) is 0.286. The Morgan fingerprint density at radius 1 is 1.23 bits per heavy atom. The summed E-state index contributed by atoms with van der Waals surface area (Å²) in [4.78, 5) is 27.8. The lowest BCUT2D eigenvalue weighted by molar-refractivity contribution is -0.118. The second kappa shape index (κ2) is 10.6. The summed E-state index contributed by atoms with van der Waals surface area (Å²) in [6.07, 6.45) is 0.863. The van der Waals surface area contributed by atoms with Crippen LogP contribution >= 0.6 is 23.1 Å². The highest BCUT2D eigenvalue weighted by Crippen LogP contribution is 2.51. The standard InChI is InChI=1S/C28H25N7O3S2/c1-15-8-9-21(38-15)23-17(13-30)25(31)35(19-10-28(2,3)11-20(36)24(19)23)26-33-34-27(40-26)39-14-22(37)32-18-7-5-4-6-16(18)12-29/h4-9,23H,10-11,14,31H2,1-3H3,(H,32,37). The molecule has 3 aromatic rings. The number of nitrogens with zero attached hydrogens (tertiary/aromatic N) is 5. The second-order valence-electron chi connectivity index (χ2n) is 10.3. The molecule has 0 saturated heterocycles. The van der Waals surface area contributed by atoms with Gasteiger partial charge in [-0.3, -0.25) is 14.5 Å². The highest BCUT2D eigenvalue weighted by atomic mass is 32.2. The lowest BCUT2D eigenvalue weighted by Crippen LogP contribution is -2.42. The van der Waals surface area contributed by atoms with Crippen LogP contribution < -0.4 is 16.0 Å². The molecule has 5 rings (SSSR count). The molecule has 3 heterocycles. The summed E-state index contributed by atoms with van der Waals surface area (Å²) in [5, 5.41) is 31.1. The van der Waals surface area contributed by atoms with Crippen LogP contribution in [0.1, 0.15) is 49.7 Å². The Kier molecular flexibility index (Phi) is 7.23. The molecule has 2 aromatic heterocycles. The number of nitrogens with two attached hydrogens (primary N) is 1. The average molecular weight is 572 g/mol. The van der Waals surface area contributed by atoms with Crippen molar-refractivity contribution in [3.05, 3.63) is 76.1 Å². The third-order valence-electron chi connectivity index (χ3n) is 6.66. The van der Waals surface area contributed by atoms with Gasteiger partial charge in [-0.1, -0.05) is 49.1 Å². The Bertz CT molecular complexity index is 1670. The molecule has 0 radical (unpaired) electrons. The lowest BCUT2D eigenvalue weighted by Gasteiger charge is -2.42. The summed E-state index contributed by atoms with van der Waals surface area (Å²) in [5.41, 5.74) is 8.47. The summed E-state index contributed by atoms with van der Waals surface area (Å²) >= 11 is 2.40. The van der Waals surface area contributed by atoms with Crippen molar-refractivity contribution in [1.29, 1.82) is 10.5 Å². The molecule has 0 saturated carbocycles. The van der Waals surface area contributed by atoms with E-state index in [1.54, 1.807) is 41.3 Å². The zero-order chi connectivity index (χ0) is 28.6. The van der Waals surface area contributed by atoms with Crippen LogP contribution in [0.4, 0.5) is 10.8 Å². The number of aromatic nitrogens is 2. The Hall–Kier alpha value is -4.39. The molecule has 10 nitrogen and oxygen atoms in total. The van der Waals surface area contributed by atoms with Crippen LogP contribution in [-0.2, 0) is 9.59 Å². The SMILES string of the molecule is Cc1ccc(C2C(C#N)=C(N)N(c3nnc(SCC(=O)Nc4ccccc4C#N)s3)C3=C2C(=O)CC(C)(C)C3)o1. The Labute approximate surface area is 239 Å². The number of nitriles is 2. The number of hydrogen-bond acceptors (Lipinski definition) is 11. The van der Waals surface area contributed by atoms with E-state index >= 15 is 0 Å². The first kappa shape index (κ1) is 27.2. The number of benzene rings is 1. The molecule has 40 heavy (non-hydrogen) atoms. The first-order chi connectivity index (χ1) is 19.1. The van der Waals surface area contributed by atoms with Gasteiger partial charge in [0.05, 0.1) is 34.6 Å². The number of thioether (sulfide) groups is 1. The molecule has 1 aliphatic heterocycles. The van der Waals surface area contributed by atoms with Crippen LogP contribution in [0.2, 0.25) is 0 Å². The van der Waals surface area contributed by atoms with Crippen molar-refractivity contribution >= 4 is 45.6 Å². The number of aryl methyl sites for hydroxylation is 1. The van der Waals surface area contributed by atoms with Gasteiger partial charge >= 0.3 is 0 Å². The average Bonchev–Trinajstić information content (AvgIpc) is 3.55. The molecule has 1 amide bonds. The van der Waals surface area contributed by atoms with Gasteiger partial charge in [-0.15, -0.1) is 10.2 Å². The van der Waals surface area contributed by atoms with Gasteiger partial charge in [-0.05, 0) is 43.0 Å². The van der Waals surface area contributed by atoms with Crippen LogP contribution in [-0.4, -0.2) is 27.6 Å². The number of furan rings is 1. The molecule has 0 fully saturated rings. The maximum absolute atomic E-state index is 13.6. The van der Waals surface area contributed by atoms with Crippen molar-refractivity contribution in [2.45, 2.75) is 43.9 Å². The highest BCUT2D eigenvalue weighted by molar-refractivity contribution is 8.01. The summed E-state index contributed by atoms with van der Waals surface area (Å²) in [6.45, 7) is 5.84. The Morgan fingerprint density at radius 2 is 2.00 bits per heavy atom.